The molecule has 3 rings (SSSR count). The Hall–Kier alpha value is -1.43. The molecule has 19 heavy (non-hydrogen) atoms. The van der Waals surface area contributed by atoms with Gasteiger partial charge < -0.3 is 10.6 Å². The lowest BCUT2D eigenvalue weighted by molar-refractivity contribution is -0.384. The highest BCUT2D eigenvalue weighted by atomic mass is 32.2. The van der Waals surface area contributed by atoms with Crippen LogP contribution in [-0.4, -0.2) is 29.0 Å². The summed E-state index contributed by atoms with van der Waals surface area (Å²) < 4.78 is 0.294. The van der Waals surface area contributed by atoms with Crippen LogP contribution in [0.2, 0.25) is 0 Å². The Morgan fingerprint density at radius 1 is 1.53 bits per heavy atom. The van der Waals surface area contributed by atoms with Crippen molar-refractivity contribution < 1.29 is 4.92 Å². The van der Waals surface area contributed by atoms with Crippen LogP contribution >= 0.6 is 11.8 Å². The van der Waals surface area contributed by atoms with Gasteiger partial charge in [0, 0.05) is 35.2 Å². The predicted octanol–water partition coefficient (Wildman–Crippen LogP) is 2.87. The Balaban J connectivity index is 1.89. The van der Waals surface area contributed by atoms with Crippen molar-refractivity contribution in [2.24, 2.45) is 0 Å². The van der Waals surface area contributed by atoms with Crippen molar-refractivity contribution in [1.29, 1.82) is 0 Å². The second kappa shape index (κ2) is 4.59. The summed E-state index contributed by atoms with van der Waals surface area (Å²) in [5, 5.41) is 17.8. The molecule has 0 atom stereocenters. The van der Waals surface area contributed by atoms with Gasteiger partial charge in [-0.1, -0.05) is 0 Å². The van der Waals surface area contributed by atoms with Crippen LogP contribution in [0.3, 0.4) is 0 Å². The summed E-state index contributed by atoms with van der Waals surface area (Å²) in [6, 6.07) is 3.41. The fourth-order valence-electron chi connectivity index (χ4n) is 2.57. The van der Waals surface area contributed by atoms with E-state index in [0.29, 0.717) is 10.4 Å². The third-order valence-corrected chi connectivity index (χ3v) is 5.42. The van der Waals surface area contributed by atoms with Crippen molar-refractivity contribution in [1.82, 2.24) is 0 Å². The van der Waals surface area contributed by atoms with Crippen LogP contribution in [0.1, 0.15) is 18.4 Å². The molecular formula is C13H17N3O2S. The van der Waals surface area contributed by atoms with Gasteiger partial charge in [0.05, 0.1) is 4.92 Å². The van der Waals surface area contributed by atoms with Gasteiger partial charge in [-0.15, -0.1) is 0 Å². The number of anilines is 2. The van der Waals surface area contributed by atoms with Crippen LogP contribution in [0.4, 0.5) is 17.1 Å². The SMILES string of the molecule is CSC1(CNc2c([N+](=O)[O-])ccc3c2CCN3)CC1. The normalized spacial score (nSPS) is 18.6. The maximum absolute atomic E-state index is 11.2. The zero-order chi connectivity index (χ0) is 13.5. The second-order valence-electron chi connectivity index (χ2n) is 5.16. The number of benzene rings is 1. The van der Waals surface area contributed by atoms with Gasteiger partial charge in [0.15, 0.2) is 0 Å². The smallest absolute Gasteiger partial charge is 0.292 e. The molecule has 102 valence electrons. The molecule has 1 aliphatic carbocycles. The summed E-state index contributed by atoms with van der Waals surface area (Å²) in [5.41, 5.74) is 3.00. The molecule has 2 N–H and O–H groups in total. The molecule has 1 aromatic rings. The third-order valence-electron chi connectivity index (χ3n) is 4.01. The van der Waals surface area contributed by atoms with Crippen molar-refractivity contribution in [3.8, 4) is 0 Å². The van der Waals surface area contributed by atoms with E-state index in [4.69, 9.17) is 0 Å². The van der Waals surface area contributed by atoms with E-state index in [0.717, 1.165) is 30.8 Å². The molecule has 1 aromatic carbocycles. The average Bonchev–Trinajstić information content (AvgIpc) is 3.03. The number of nitrogens with one attached hydrogen (secondary N) is 2. The Kier molecular flexibility index (Phi) is 3.05. The van der Waals surface area contributed by atoms with Gasteiger partial charge in [0.25, 0.3) is 5.69 Å². The monoisotopic (exact) mass is 279 g/mol. The maximum atomic E-state index is 11.2. The highest BCUT2D eigenvalue weighted by Crippen LogP contribution is 2.48. The van der Waals surface area contributed by atoms with Crippen molar-refractivity contribution >= 4 is 28.8 Å². The van der Waals surface area contributed by atoms with Crippen molar-refractivity contribution in [3.05, 3.63) is 27.8 Å². The maximum Gasteiger partial charge on any atom is 0.292 e. The van der Waals surface area contributed by atoms with Crippen LogP contribution < -0.4 is 10.6 Å². The molecule has 2 aliphatic rings. The van der Waals surface area contributed by atoms with Gasteiger partial charge in [-0.25, -0.2) is 0 Å². The van der Waals surface area contributed by atoms with E-state index < -0.39 is 0 Å². The van der Waals surface area contributed by atoms with E-state index in [1.165, 1.54) is 12.8 Å². The molecule has 0 unspecified atom stereocenters. The Morgan fingerprint density at radius 3 is 2.95 bits per heavy atom. The predicted molar refractivity (Wildman–Crippen MR) is 79.3 cm³/mol. The lowest BCUT2D eigenvalue weighted by Crippen LogP contribution is -2.18. The van der Waals surface area contributed by atoms with Gasteiger partial charge >= 0.3 is 0 Å². The first kappa shape index (κ1) is 12.6. The van der Waals surface area contributed by atoms with Gasteiger partial charge in [-0.2, -0.15) is 11.8 Å². The van der Waals surface area contributed by atoms with Crippen LogP contribution in [0, 0.1) is 10.1 Å². The zero-order valence-electron chi connectivity index (χ0n) is 10.9. The first-order valence-electron chi connectivity index (χ1n) is 6.48. The zero-order valence-corrected chi connectivity index (χ0v) is 11.7. The fourth-order valence-corrected chi connectivity index (χ4v) is 3.30. The minimum absolute atomic E-state index is 0.194. The van der Waals surface area contributed by atoms with Crippen LogP contribution in [0.25, 0.3) is 0 Å². The van der Waals surface area contributed by atoms with E-state index in [9.17, 15) is 10.1 Å². The van der Waals surface area contributed by atoms with Gasteiger partial charge in [0.2, 0.25) is 0 Å². The van der Waals surface area contributed by atoms with Crippen molar-refractivity contribution in [2.75, 3.05) is 30.0 Å². The molecule has 0 saturated heterocycles. The van der Waals surface area contributed by atoms with Gasteiger partial charge in [-0.05, 0) is 31.6 Å². The number of nitro benzene ring substituents is 1. The minimum atomic E-state index is -0.292. The molecule has 0 radical (unpaired) electrons. The largest absolute Gasteiger partial charge is 0.384 e. The summed E-state index contributed by atoms with van der Waals surface area (Å²) in [5.74, 6) is 0. The molecule has 0 amide bonds. The molecular weight excluding hydrogens is 262 g/mol. The summed E-state index contributed by atoms with van der Waals surface area (Å²) in [7, 11) is 0. The summed E-state index contributed by atoms with van der Waals surface area (Å²) in [4.78, 5) is 10.9. The second-order valence-corrected chi connectivity index (χ2v) is 6.43. The Bertz CT molecular complexity index is 529. The number of thioether (sulfide) groups is 1. The number of hydrogen-bond donors (Lipinski definition) is 2. The number of nitrogens with zero attached hydrogens (tertiary/aromatic N) is 1. The first-order chi connectivity index (χ1) is 9.15. The molecule has 1 fully saturated rings. The molecule has 1 heterocycles. The Labute approximate surface area is 116 Å². The van der Waals surface area contributed by atoms with E-state index in [1.807, 2.05) is 17.8 Å². The van der Waals surface area contributed by atoms with Crippen LogP contribution in [-0.2, 0) is 6.42 Å². The number of nitro groups is 1. The molecule has 0 bridgehead atoms. The molecule has 0 aromatic heterocycles. The number of rotatable bonds is 5. The lowest BCUT2D eigenvalue weighted by atomic mass is 10.1. The molecule has 1 aliphatic heterocycles. The quantitative estimate of drug-likeness (QED) is 0.641. The van der Waals surface area contributed by atoms with E-state index in [2.05, 4.69) is 16.9 Å². The minimum Gasteiger partial charge on any atom is -0.384 e. The molecule has 5 nitrogen and oxygen atoms in total. The number of hydrogen-bond acceptors (Lipinski definition) is 5. The van der Waals surface area contributed by atoms with E-state index >= 15 is 0 Å². The summed E-state index contributed by atoms with van der Waals surface area (Å²) >= 11 is 1.86. The Morgan fingerprint density at radius 2 is 2.32 bits per heavy atom. The highest BCUT2D eigenvalue weighted by Gasteiger charge is 2.42. The molecule has 1 saturated carbocycles. The standard InChI is InChI=1S/C13H17N3O2S/c1-19-13(5-6-13)8-15-12-9-4-7-14-10(9)2-3-11(12)16(17)18/h2-3,14-15H,4-8H2,1H3. The van der Waals surface area contributed by atoms with E-state index in [-0.39, 0.29) is 10.6 Å². The summed E-state index contributed by atoms with van der Waals surface area (Å²) in [6.45, 7) is 1.67. The van der Waals surface area contributed by atoms with Crippen molar-refractivity contribution in [2.45, 2.75) is 24.0 Å². The van der Waals surface area contributed by atoms with Gasteiger partial charge in [-0.3, -0.25) is 10.1 Å². The number of fused-ring (bicyclic) bond motifs is 1. The first-order valence-corrected chi connectivity index (χ1v) is 7.71. The van der Waals surface area contributed by atoms with Crippen LogP contribution in [0.15, 0.2) is 12.1 Å². The van der Waals surface area contributed by atoms with Crippen LogP contribution in [0.5, 0.6) is 0 Å². The average molecular weight is 279 g/mol. The van der Waals surface area contributed by atoms with Gasteiger partial charge in [0.1, 0.15) is 5.69 Å². The molecule has 0 spiro atoms. The topological polar surface area (TPSA) is 67.2 Å². The van der Waals surface area contributed by atoms with E-state index in [1.54, 1.807) is 6.07 Å². The fraction of sp³-hybridized carbons (Fsp3) is 0.538. The summed E-state index contributed by atoms with van der Waals surface area (Å²) in [6.07, 6.45) is 5.36. The third kappa shape index (κ3) is 2.25. The molecule has 6 heteroatoms. The van der Waals surface area contributed by atoms with Crippen molar-refractivity contribution in [3.63, 3.8) is 0 Å². The lowest BCUT2D eigenvalue weighted by Gasteiger charge is -2.16. The highest BCUT2D eigenvalue weighted by molar-refractivity contribution is 8.00.